The second-order valence-electron chi connectivity index (χ2n) is 4.57. The minimum atomic E-state index is -0.765. The van der Waals surface area contributed by atoms with Crippen LogP contribution in [0.1, 0.15) is 21.3 Å². The van der Waals surface area contributed by atoms with Crippen molar-refractivity contribution in [2.45, 2.75) is 6.04 Å². The van der Waals surface area contributed by atoms with Crippen LogP contribution in [0, 0.1) is 0 Å². The maximum atomic E-state index is 12.5. The minimum Gasteiger partial charge on any atom is -0.508 e. The third-order valence-corrected chi connectivity index (χ3v) is 4.10. The normalized spacial score (nSPS) is 17.9. The Bertz CT molecular complexity index is 749. The zero-order chi connectivity index (χ0) is 15.0. The molecule has 0 saturated heterocycles. The lowest BCUT2D eigenvalue weighted by Crippen LogP contribution is -2.23. The second kappa shape index (κ2) is 5.06. The van der Waals surface area contributed by atoms with Gasteiger partial charge in [0, 0.05) is 0 Å². The first-order valence-electron chi connectivity index (χ1n) is 6.19. The number of thiophene rings is 1. The molecule has 1 aromatic heterocycles. The molecule has 1 aromatic carbocycles. The number of hydrogen-bond donors (Lipinski definition) is 3. The van der Waals surface area contributed by atoms with Gasteiger partial charge in [-0.25, -0.2) is 0 Å². The number of Topliss-reactive ketones (excluding diaryl/α,β-unsaturated/α-hetero) is 1. The van der Waals surface area contributed by atoms with Gasteiger partial charge in [-0.2, -0.15) is 0 Å². The summed E-state index contributed by atoms with van der Waals surface area (Å²) in [4.78, 5) is 24.6. The Morgan fingerprint density at radius 1 is 1.19 bits per heavy atom. The van der Waals surface area contributed by atoms with Crippen molar-refractivity contribution in [2.75, 3.05) is 0 Å². The predicted octanol–water partition coefficient (Wildman–Crippen LogP) is 2.32. The topological polar surface area (TPSA) is 86.6 Å². The third-order valence-electron chi connectivity index (χ3n) is 3.23. The van der Waals surface area contributed by atoms with E-state index in [2.05, 4.69) is 5.32 Å². The van der Waals surface area contributed by atoms with Gasteiger partial charge in [-0.1, -0.05) is 18.2 Å². The Hall–Kier alpha value is -2.60. The Kier molecular flexibility index (Phi) is 3.23. The molecule has 0 spiro atoms. The summed E-state index contributed by atoms with van der Waals surface area (Å²) >= 11 is 1.24. The van der Waals surface area contributed by atoms with Crippen LogP contribution in [0.25, 0.3) is 0 Å². The predicted molar refractivity (Wildman–Crippen MR) is 77.3 cm³/mol. The van der Waals surface area contributed by atoms with Gasteiger partial charge in [0.2, 0.25) is 5.78 Å². The number of aliphatic hydroxyl groups excluding tert-OH is 1. The molecule has 0 radical (unpaired) electrons. The number of phenols is 1. The molecule has 0 saturated carbocycles. The van der Waals surface area contributed by atoms with Crippen molar-refractivity contribution in [3.05, 3.63) is 63.6 Å². The van der Waals surface area contributed by atoms with E-state index in [1.807, 2.05) is 0 Å². The van der Waals surface area contributed by atoms with Gasteiger partial charge in [0.15, 0.2) is 5.76 Å². The third kappa shape index (κ3) is 2.30. The highest BCUT2D eigenvalue weighted by Gasteiger charge is 2.37. The highest BCUT2D eigenvalue weighted by atomic mass is 32.1. The molecule has 0 unspecified atom stereocenters. The van der Waals surface area contributed by atoms with Crippen LogP contribution in [0.15, 0.2) is 53.1 Å². The van der Waals surface area contributed by atoms with Crippen molar-refractivity contribution in [1.29, 1.82) is 0 Å². The fourth-order valence-corrected chi connectivity index (χ4v) is 2.94. The summed E-state index contributed by atoms with van der Waals surface area (Å²) in [5, 5.41) is 23.8. The fraction of sp³-hybridized carbons (Fsp3) is 0.0667. The van der Waals surface area contributed by atoms with Gasteiger partial charge in [0.1, 0.15) is 5.75 Å². The molecule has 1 aliphatic heterocycles. The van der Waals surface area contributed by atoms with Crippen LogP contribution in [0.3, 0.4) is 0 Å². The van der Waals surface area contributed by atoms with E-state index in [0.717, 1.165) is 0 Å². The summed E-state index contributed by atoms with van der Waals surface area (Å²) in [7, 11) is 0. The first kappa shape index (κ1) is 13.4. The number of amides is 1. The highest BCUT2D eigenvalue weighted by molar-refractivity contribution is 7.12. The Balaban J connectivity index is 2.06. The van der Waals surface area contributed by atoms with Crippen LogP contribution in [0.2, 0.25) is 0 Å². The molecular weight excluding hydrogens is 290 g/mol. The molecule has 106 valence electrons. The molecule has 5 nitrogen and oxygen atoms in total. The number of rotatable bonds is 3. The number of benzene rings is 1. The van der Waals surface area contributed by atoms with Crippen molar-refractivity contribution in [1.82, 2.24) is 5.32 Å². The molecule has 0 aliphatic carbocycles. The van der Waals surface area contributed by atoms with E-state index >= 15 is 0 Å². The van der Waals surface area contributed by atoms with Crippen LogP contribution in [-0.4, -0.2) is 21.9 Å². The highest BCUT2D eigenvalue weighted by Crippen LogP contribution is 2.33. The Labute approximate surface area is 124 Å². The van der Waals surface area contributed by atoms with Crippen molar-refractivity contribution in [2.24, 2.45) is 0 Å². The molecular formula is C15H11NO4S. The molecule has 21 heavy (non-hydrogen) atoms. The molecule has 3 rings (SSSR count). The summed E-state index contributed by atoms with van der Waals surface area (Å²) in [6.45, 7) is 0. The Morgan fingerprint density at radius 3 is 2.67 bits per heavy atom. The smallest absolute Gasteiger partial charge is 0.287 e. The van der Waals surface area contributed by atoms with Gasteiger partial charge in [0.05, 0.1) is 16.5 Å². The van der Waals surface area contributed by atoms with Gasteiger partial charge < -0.3 is 15.5 Å². The fourth-order valence-electron chi connectivity index (χ4n) is 2.26. The summed E-state index contributed by atoms with van der Waals surface area (Å²) in [5.74, 6) is -1.63. The minimum absolute atomic E-state index is 0.00745. The summed E-state index contributed by atoms with van der Waals surface area (Å²) in [6, 6.07) is 8.82. The van der Waals surface area contributed by atoms with E-state index in [4.69, 9.17) is 0 Å². The maximum Gasteiger partial charge on any atom is 0.287 e. The lowest BCUT2D eigenvalue weighted by molar-refractivity contribution is -0.119. The average Bonchev–Trinajstić information content (AvgIpc) is 3.08. The molecule has 1 aliphatic rings. The van der Waals surface area contributed by atoms with Gasteiger partial charge in [0.25, 0.3) is 5.91 Å². The monoisotopic (exact) mass is 301 g/mol. The van der Waals surface area contributed by atoms with Crippen LogP contribution in [-0.2, 0) is 4.79 Å². The molecule has 0 fully saturated rings. The first-order chi connectivity index (χ1) is 10.1. The van der Waals surface area contributed by atoms with E-state index in [0.29, 0.717) is 10.4 Å². The number of hydrogen-bond acceptors (Lipinski definition) is 5. The molecule has 1 atom stereocenters. The SMILES string of the molecule is O=C1N[C@@H](c2cccc(O)c2)C(C(=O)c2cccs2)=C1O. The van der Waals surface area contributed by atoms with Crippen molar-refractivity contribution >= 4 is 23.0 Å². The number of phenolic OH excluding ortho intramolecular Hbond substituents is 1. The summed E-state index contributed by atoms with van der Waals surface area (Å²) < 4.78 is 0. The van der Waals surface area contributed by atoms with Gasteiger partial charge in [-0.05, 0) is 29.1 Å². The molecule has 2 aromatic rings. The van der Waals surface area contributed by atoms with Crippen LogP contribution < -0.4 is 5.32 Å². The average molecular weight is 301 g/mol. The molecule has 3 N–H and O–H groups in total. The number of carbonyl (C=O) groups excluding carboxylic acids is 2. The number of carbonyl (C=O) groups is 2. The standard InChI is InChI=1S/C15H11NO4S/c17-9-4-1-3-8(7-9)12-11(14(19)15(20)16-12)13(18)10-5-2-6-21-10/h1-7,12,17,19H,(H,16,20)/t12-/m0/s1. The van der Waals surface area contributed by atoms with Gasteiger partial charge >= 0.3 is 0 Å². The van der Waals surface area contributed by atoms with E-state index in [1.165, 1.54) is 23.5 Å². The van der Waals surface area contributed by atoms with Gasteiger partial charge in [-0.3, -0.25) is 9.59 Å². The van der Waals surface area contributed by atoms with E-state index < -0.39 is 23.5 Å². The quantitative estimate of drug-likeness (QED) is 0.759. The Morgan fingerprint density at radius 2 is 2.00 bits per heavy atom. The molecule has 6 heteroatoms. The lowest BCUT2D eigenvalue weighted by atomic mass is 9.96. The summed E-state index contributed by atoms with van der Waals surface area (Å²) in [5.41, 5.74) is 0.542. The van der Waals surface area contributed by atoms with Crippen molar-refractivity contribution in [3.8, 4) is 5.75 Å². The molecule has 2 heterocycles. The lowest BCUT2D eigenvalue weighted by Gasteiger charge is -2.14. The largest absolute Gasteiger partial charge is 0.508 e. The first-order valence-corrected chi connectivity index (χ1v) is 7.07. The zero-order valence-electron chi connectivity index (χ0n) is 10.7. The van der Waals surface area contributed by atoms with E-state index in [-0.39, 0.29) is 11.3 Å². The van der Waals surface area contributed by atoms with Crippen molar-refractivity contribution in [3.63, 3.8) is 0 Å². The van der Waals surface area contributed by atoms with Crippen LogP contribution in [0.4, 0.5) is 0 Å². The summed E-state index contributed by atoms with van der Waals surface area (Å²) in [6.07, 6.45) is 0. The van der Waals surface area contributed by atoms with Crippen LogP contribution >= 0.6 is 11.3 Å². The number of aliphatic hydroxyl groups is 1. The van der Waals surface area contributed by atoms with Crippen LogP contribution in [0.5, 0.6) is 5.75 Å². The molecule has 1 amide bonds. The van der Waals surface area contributed by atoms with E-state index in [9.17, 15) is 19.8 Å². The molecule has 0 bridgehead atoms. The van der Waals surface area contributed by atoms with E-state index in [1.54, 1.807) is 29.6 Å². The maximum absolute atomic E-state index is 12.5. The number of ketones is 1. The zero-order valence-corrected chi connectivity index (χ0v) is 11.6. The number of aromatic hydroxyl groups is 1. The second-order valence-corrected chi connectivity index (χ2v) is 5.52. The van der Waals surface area contributed by atoms with Crippen molar-refractivity contribution < 1.29 is 19.8 Å². The number of nitrogens with one attached hydrogen (secondary N) is 1. The van der Waals surface area contributed by atoms with Gasteiger partial charge in [-0.15, -0.1) is 11.3 Å².